The molecule has 2 rings (SSSR count). The number of nitrogens with two attached hydrogens (primary N) is 1. The molecule has 1 saturated heterocycles. The van der Waals surface area contributed by atoms with E-state index in [2.05, 4.69) is 26.5 Å². The van der Waals surface area contributed by atoms with Gasteiger partial charge in [0.15, 0.2) is 0 Å². The van der Waals surface area contributed by atoms with Gasteiger partial charge in [-0.3, -0.25) is 4.79 Å². The molecular formula is C14H22N4O2. The Morgan fingerprint density at radius 1 is 1.55 bits per heavy atom. The van der Waals surface area contributed by atoms with Crippen LogP contribution in [0.25, 0.3) is 0 Å². The van der Waals surface area contributed by atoms with Crippen LogP contribution in [0.5, 0.6) is 0 Å². The van der Waals surface area contributed by atoms with Crippen LogP contribution in [0.2, 0.25) is 0 Å². The van der Waals surface area contributed by atoms with E-state index in [4.69, 9.17) is 5.73 Å². The number of piperidine rings is 1. The van der Waals surface area contributed by atoms with Gasteiger partial charge in [-0.15, -0.1) is 0 Å². The molecule has 0 spiro atoms. The molecule has 0 aliphatic carbocycles. The first-order chi connectivity index (χ1) is 9.60. The summed E-state index contributed by atoms with van der Waals surface area (Å²) in [5.41, 5.74) is 6.56. The van der Waals surface area contributed by atoms with Crippen LogP contribution in [0, 0.1) is 5.92 Å². The van der Waals surface area contributed by atoms with Crippen molar-refractivity contribution in [3.63, 3.8) is 0 Å². The molecular weight excluding hydrogens is 256 g/mol. The van der Waals surface area contributed by atoms with Crippen molar-refractivity contribution in [3.05, 3.63) is 18.0 Å². The average Bonchev–Trinajstić information content (AvgIpc) is 2.47. The summed E-state index contributed by atoms with van der Waals surface area (Å²) in [6.45, 7) is 4.25. The second kappa shape index (κ2) is 6.65. The topological polar surface area (TPSA) is 81.3 Å². The summed E-state index contributed by atoms with van der Waals surface area (Å²) >= 11 is 0. The molecule has 2 atom stereocenters. The predicted molar refractivity (Wildman–Crippen MR) is 76.3 cm³/mol. The summed E-state index contributed by atoms with van der Waals surface area (Å²) in [5.74, 6) is 1.02. The molecule has 20 heavy (non-hydrogen) atoms. The lowest BCUT2D eigenvalue weighted by molar-refractivity contribution is -0.142. The van der Waals surface area contributed by atoms with Crippen molar-refractivity contribution in [2.75, 3.05) is 25.1 Å². The molecule has 2 N–H and O–H groups in total. The summed E-state index contributed by atoms with van der Waals surface area (Å²) in [4.78, 5) is 22.2. The zero-order valence-corrected chi connectivity index (χ0v) is 12.1. The normalized spacial score (nSPS) is 20.6. The summed E-state index contributed by atoms with van der Waals surface area (Å²) in [6, 6.07) is -0.663. The largest absolute Gasteiger partial charge is 0.468 e. The molecule has 6 heteroatoms. The lowest BCUT2D eigenvalue weighted by Crippen LogP contribution is -2.36. The van der Waals surface area contributed by atoms with Crippen molar-refractivity contribution in [2.24, 2.45) is 11.7 Å². The van der Waals surface area contributed by atoms with E-state index in [1.54, 1.807) is 12.4 Å². The minimum Gasteiger partial charge on any atom is -0.468 e. The van der Waals surface area contributed by atoms with E-state index in [1.165, 1.54) is 20.0 Å². The fraction of sp³-hybridized carbons (Fsp3) is 0.643. The van der Waals surface area contributed by atoms with E-state index < -0.39 is 12.0 Å². The van der Waals surface area contributed by atoms with Gasteiger partial charge < -0.3 is 15.4 Å². The van der Waals surface area contributed by atoms with Crippen molar-refractivity contribution in [1.82, 2.24) is 9.97 Å². The van der Waals surface area contributed by atoms with Gasteiger partial charge in [-0.1, -0.05) is 6.92 Å². The first kappa shape index (κ1) is 14.7. The maximum absolute atomic E-state index is 11.3. The van der Waals surface area contributed by atoms with Crippen LogP contribution < -0.4 is 10.6 Å². The van der Waals surface area contributed by atoms with E-state index in [0.717, 1.165) is 24.6 Å². The molecule has 1 aliphatic heterocycles. The fourth-order valence-electron chi connectivity index (χ4n) is 2.48. The van der Waals surface area contributed by atoms with Crippen molar-refractivity contribution in [2.45, 2.75) is 32.2 Å². The number of carbonyl (C=O) groups excluding carboxylic acids is 1. The highest BCUT2D eigenvalue weighted by molar-refractivity contribution is 5.75. The van der Waals surface area contributed by atoms with Gasteiger partial charge >= 0.3 is 5.97 Å². The third kappa shape index (κ3) is 3.66. The van der Waals surface area contributed by atoms with Gasteiger partial charge in [-0.25, -0.2) is 9.97 Å². The van der Waals surface area contributed by atoms with Crippen LogP contribution in [0.3, 0.4) is 0 Å². The molecule has 0 saturated carbocycles. The zero-order valence-electron chi connectivity index (χ0n) is 12.1. The molecule has 2 unspecified atom stereocenters. The van der Waals surface area contributed by atoms with Crippen LogP contribution in [0.15, 0.2) is 12.4 Å². The highest BCUT2D eigenvalue weighted by Crippen LogP contribution is 2.19. The summed E-state index contributed by atoms with van der Waals surface area (Å²) < 4.78 is 4.60. The number of esters is 1. The summed E-state index contributed by atoms with van der Waals surface area (Å²) in [5, 5.41) is 0. The lowest BCUT2D eigenvalue weighted by Gasteiger charge is -2.30. The van der Waals surface area contributed by atoms with Gasteiger partial charge in [0, 0.05) is 31.9 Å². The molecule has 0 aromatic carbocycles. The second-order valence-corrected chi connectivity index (χ2v) is 5.42. The molecule has 110 valence electrons. The maximum Gasteiger partial charge on any atom is 0.322 e. The van der Waals surface area contributed by atoms with E-state index in [-0.39, 0.29) is 0 Å². The zero-order chi connectivity index (χ0) is 14.5. The minimum atomic E-state index is -0.663. The predicted octanol–water partition coefficient (Wildman–Crippen LogP) is 0.756. The van der Waals surface area contributed by atoms with E-state index in [0.29, 0.717) is 12.3 Å². The minimum absolute atomic E-state index is 0.392. The standard InChI is InChI=1S/C14H22N4O2/c1-10-4-3-5-18(9-10)14-16-7-11(8-17-14)6-12(15)13(19)20-2/h7-8,10,12H,3-6,9,15H2,1-2H3. The monoisotopic (exact) mass is 278 g/mol. The Morgan fingerprint density at radius 3 is 2.85 bits per heavy atom. The van der Waals surface area contributed by atoms with Gasteiger partial charge in [0.1, 0.15) is 6.04 Å². The van der Waals surface area contributed by atoms with Crippen LogP contribution in [-0.2, 0) is 16.0 Å². The van der Waals surface area contributed by atoms with Crippen LogP contribution in [-0.4, -0.2) is 42.2 Å². The first-order valence-corrected chi connectivity index (χ1v) is 6.99. The first-order valence-electron chi connectivity index (χ1n) is 6.99. The Kier molecular flexibility index (Phi) is 4.89. The number of hydrogen-bond donors (Lipinski definition) is 1. The van der Waals surface area contributed by atoms with Crippen molar-refractivity contribution < 1.29 is 9.53 Å². The molecule has 1 aromatic rings. The van der Waals surface area contributed by atoms with E-state index in [1.807, 2.05) is 0 Å². The Hall–Kier alpha value is -1.69. The number of rotatable bonds is 4. The molecule has 0 bridgehead atoms. The van der Waals surface area contributed by atoms with Gasteiger partial charge in [0.25, 0.3) is 0 Å². The number of methoxy groups -OCH3 is 1. The van der Waals surface area contributed by atoms with Gasteiger partial charge in [-0.2, -0.15) is 0 Å². The molecule has 1 aliphatic rings. The molecule has 0 amide bonds. The maximum atomic E-state index is 11.3. The van der Waals surface area contributed by atoms with Gasteiger partial charge in [0.05, 0.1) is 7.11 Å². The Balaban J connectivity index is 1.97. The van der Waals surface area contributed by atoms with Crippen molar-refractivity contribution >= 4 is 11.9 Å². The average molecular weight is 278 g/mol. The number of aromatic nitrogens is 2. The van der Waals surface area contributed by atoms with Crippen molar-refractivity contribution in [1.29, 1.82) is 0 Å². The Bertz CT molecular complexity index is 449. The van der Waals surface area contributed by atoms with Crippen molar-refractivity contribution in [3.8, 4) is 0 Å². The van der Waals surface area contributed by atoms with Crippen LogP contribution in [0.4, 0.5) is 5.95 Å². The smallest absolute Gasteiger partial charge is 0.322 e. The van der Waals surface area contributed by atoms with Gasteiger partial charge in [-0.05, 0) is 24.3 Å². The SMILES string of the molecule is COC(=O)C(N)Cc1cnc(N2CCCC(C)C2)nc1. The summed E-state index contributed by atoms with van der Waals surface area (Å²) in [7, 11) is 1.33. The molecule has 1 fully saturated rings. The number of carbonyl (C=O) groups is 1. The molecule has 1 aromatic heterocycles. The summed E-state index contributed by atoms with van der Waals surface area (Å²) in [6.07, 6.45) is 6.32. The third-order valence-electron chi connectivity index (χ3n) is 3.59. The third-order valence-corrected chi connectivity index (χ3v) is 3.59. The molecule has 6 nitrogen and oxygen atoms in total. The Morgan fingerprint density at radius 2 is 2.25 bits per heavy atom. The van der Waals surface area contributed by atoms with Gasteiger partial charge in [0.2, 0.25) is 5.95 Å². The second-order valence-electron chi connectivity index (χ2n) is 5.42. The van der Waals surface area contributed by atoms with Crippen LogP contribution >= 0.6 is 0 Å². The molecule has 2 heterocycles. The highest BCUT2D eigenvalue weighted by Gasteiger charge is 2.19. The van der Waals surface area contributed by atoms with Crippen LogP contribution in [0.1, 0.15) is 25.3 Å². The quantitative estimate of drug-likeness (QED) is 0.819. The Labute approximate surface area is 119 Å². The highest BCUT2D eigenvalue weighted by atomic mass is 16.5. The number of hydrogen-bond acceptors (Lipinski definition) is 6. The van der Waals surface area contributed by atoms with E-state index in [9.17, 15) is 4.79 Å². The fourth-order valence-corrected chi connectivity index (χ4v) is 2.48. The number of anilines is 1. The molecule has 0 radical (unpaired) electrons. The van der Waals surface area contributed by atoms with E-state index >= 15 is 0 Å². The number of ether oxygens (including phenoxy) is 1. The lowest BCUT2D eigenvalue weighted by atomic mass is 10.0. The number of nitrogens with zero attached hydrogens (tertiary/aromatic N) is 3.